The third-order valence-corrected chi connectivity index (χ3v) is 5.20. The fraction of sp³-hybridized carbons (Fsp3) is 0.286. The Bertz CT molecular complexity index is 1490. The lowest BCUT2D eigenvalue weighted by atomic mass is 10.0. The maximum absolute atomic E-state index is 15.8. The molecule has 230 valence electrons. The third kappa shape index (κ3) is 10.00. The summed E-state index contributed by atoms with van der Waals surface area (Å²) in [6.07, 6.45) is 4.77. The van der Waals surface area contributed by atoms with E-state index in [0.29, 0.717) is 17.7 Å². The van der Waals surface area contributed by atoms with Crippen molar-refractivity contribution >= 4 is 17.9 Å². The first-order valence-corrected chi connectivity index (χ1v) is 13.0. The molecule has 13 nitrogen and oxygen atoms in total. The Morgan fingerprint density at radius 3 is 2.42 bits per heavy atom. The summed E-state index contributed by atoms with van der Waals surface area (Å²) in [6, 6.07) is 10.2. The monoisotopic (exact) mass is 600 g/mol. The van der Waals surface area contributed by atoms with E-state index < -0.39 is 30.2 Å². The minimum atomic E-state index is -1.03. The summed E-state index contributed by atoms with van der Waals surface area (Å²) in [4.78, 5) is 32.5. The Balaban J connectivity index is 0.000000993. The summed E-state index contributed by atoms with van der Waals surface area (Å²) >= 11 is 0. The number of nitrogens with one attached hydrogen (secondary N) is 3. The maximum atomic E-state index is 15.8. The van der Waals surface area contributed by atoms with Crippen LogP contribution in [0.1, 0.15) is 43.3 Å². The predicted octanol–water partition coefficient (Wildman–Crippen LogP) is 3.49. The minimum absolute atomic E-state index is 0.0385. The van der Waals surface area contributed by atoms with Crippen LogP contribution in [0.25, 0.3) is 5.95 Å². The molecule has 0 aliphatic carbocycles. The topological polar surface area (TPSA) is 194 Å². The number of benzene rings is 2. The van der Waals surface area contributed by atoms with E-state index in [1.54, 1.807) is 30.3 Å². The van der Waals surface area contributed by atoms with Crippen molar-refractivity contribution in [3.8, 4) is 17.4 Å². The zero-order valence-electron chi connectivity index (χ0n) is 23.9. The molecular weight excluding hydrogens is 566 g/mol. The Kier molecular flexibility index (Phi) is 13.9. The lowest BCUT2D eigenvalue weighted by Gasteiger charge is -2.21. The van der Waals surface area contributed by atoms with Gasteiger partial charge in [-0.05, 0) is 43.3 Å². The zero-order chi connectivity index (χ0) is 31.8. The number of carboxylic acids is 1. The molecule has 6 N–H and O–H groups in total. The average molecular weight is 601 g/mol. The quantitative estimate of drug-likeness (QED) is 0.150. The number of halogens is 2. The lowest BCUT2D eigenvalue weighted by molar-refractivity contribution is -0.134. The van der Waals surface area contributed by atoms with E-state index in [1.165, 1.54) is 37.8 Å². The van der Waals surface area contributed by atoms with E-state index in [-0.39, 0.29) is 42.0 Å². The lowest BCUT2D eigenvalue weighted by Crippen LogP contribution is -2.18. The van der Waals surface area contributed by atoms with Crippen LogP contribution in [0.5, 0.6) is 11.5 Å². The van der Waals surface area contributed by atoms with Crippen molar-refractivity contribution < 1.29 is 28.2 Å². The molecule has 0 amide bonds. The molecule has 2 aromatic heterocycles. The molecule has 4 aromatic rings. The van der Waals surface area contributed by atoms with Gasteiger partial charge in [-0.15, -0.1) is 9.78 Å². The van der Waals surface area contributed by atoms with Gasteiger partial charge in [-0.3, -0.25) is 9.78 Å². The van der Waals surface area contributed by atoms with Crippen LogP contribution < -0.4 is 26.2 Å². The molecule has 0 spiro atoms. The number of carbonyl (C=O) groups is 1. The molecular formula is C28H34F2N8O5. The van der Waals surface area contributed by atoms with Gasteiger partial charge < -0.3 is 31.0 Å². The van der Waals surface area contributed by atoms with Gasteiger partial charge in [0.1, 0.15) is 25.1 Å². The first-order valence-electron chi connectivity index (χ1n) is 13.0. The molecule has 2 aromatic carbocycles. The van der Waals surface area contributed by atoms with Gasteiger partial charge in [-0.2, -0.15) is 0 Å². The number of aliphatic carboxylic acids is 1. The molecule has 0 fully saturated rings. The standard InChI is InChI=1S/C25H25F2N7O3.C2H4O2.CH5N/c1-2-11-37-20-14-18(36-12-8-26)13-19(21(20)27)22(31-17-6-4-16(15-28)5-7-17)23-32-25(35)34(33-23)24-29-9-3-10-30-24;1-2(3)4;1-2/h3-7,9-10,13-15,22,28,31H,2,8,11-12H2,1H3,(H,32,33,35);1H3,(H,3,4);2H2,1H3. The number of rotatable bonds is 12. The van der Waals surface area contributed by atoms with Crippen LogP contribution in [0.2, 0.25) is 0 Å². The largest absolute Gasteiger partial charge is 0.491 e. The van der Waals surface area contributed by atoms with E-state index in [0.717, 1.165) is 11.6 Å². The summed E-state index contributed by atoms with van der Waals surface area (Å²) in [7, 11) is 1.50. The SMILES string of the molecule is CC(=O)O.CCCOc1cc(OCCF)cc(C(Nc2ccc(C=N)cc2)c2nn(-c3ncccn3)c(=O)[nH]2)c1F.CN. The summed E-state index contributed by atoms with van der Waals surface area (Å²) in [5.41, 5.74) is 5.16. The van der Waals surface area contributed by atoms with Crippen LogP contribution in [0.4, 0.5) is 14.5 Å². The van der Waals surface area contributed by atoms with Crippen LogP contribution in [0.3, 0.4) is 0 Å². The molecule has 0 saturated heterocycles. The molecule has 43 heavy (non-hydrogen) atoms. The van der Waals surface area contributed by atoms with Crippen molar-refractivity contribution in [2.45, 2.75) is 26.3 Å². The maximum Gasteiger partial charge on any atom is 0.350 e. The molecule has 0 radical (unpaired) electrons. The third-order valence-electron chi connectivity index (χ3n) is 5.20. The number of anilines is 1. The molecule has 4 rings (SSSR count). The second-order valence-corrected chi connectivity index (χ2v) is 8.35. The average Bonchev–Trinajstić information content (AvgIpc) is 3.41. The highest BCUT2D eigenvalue weighted by molar-refractivity contribution is 5.77. The van der Waals surface area contributed by atoms with Gasteiger partial charge in [0.25, 0.3) is 11.9 Å². The number of nitrogens with two attached hydrogens (primary N) is 1. The van der Waals surface area contributed by atoms with Crippen molar-refractivity contribution in [2.75, 3.05) is 32.3 Å². The van der Waals surface area contributed by atoms with Gasteiger partial charge in [-0.25, -0.2) is 23.5 Å². The van der Waals surface area contributed by atoms with Crippen molar-refractivity contribution in [1.82, 2.24) is 24.7 Å². The number of aromatic amines is 1. The van der Waals surface area contributed by atoms with Crippen LogP contribution >= 0.6 is 0 Å². The van der Waals surface area contributed by atoms with Crippen molar-refractivity contribution in [1.29, 1.82) is 5.41 Å². The van der Waals surface area contributed by atoms with Crippen molar-refractivity contribution in [2.24, 2.45) is 5.73 Å². The Labute approximate surface area is 246 Å². The second-order valence-electron chi connectivity index (χ2n) is 8.35. The van der Waals surface area contributed by atoms with Crippen LogP contribution in [-0.2, 0) is 4.79 Å². The van der Waals surface area contributed by atoms with Crippen molar-refractivity contribution in [3.05, 3.63) is 88.1 Å². The summed E-state index contributed by atoms with van der Waals surface area (Å²) in [5.74, 6) is -1.30. The van der Waals surface area contributed by atoms with E-state index in [4.69, 9.17) is 24.8 Å². The van der Waals surface area contributed by atoms with Gasteiger partial charge in [0.05, 0.1) is 6.61 Å². The fourth-order valence-electron chi connectivity index (χ4n) is 3.50. The van der Waals surface area contributed by atoms with Gasteiger partial charge in [-0.1, -0.05) is 19.1 Å². The van der Waals surface area contributed by atoms with Crippen LogP contribution in [0.15, 0.2) is 59.7 Å². The Morgan fingerprint density at radius 2 is 1.84 bits per heavy atom. The van der Waals surface area contributed by atoms with Gasteiger partial charge in [0.2, 0.25) is 0 Å². The van der Waals surface area contributed by atoms with E-state index in [9.17, 15) is 9.18 Å². The first-order chi connectivity index (χ1) is 20.8. The molecule has 0 aliphatic rings. The number of carboxylic acid groups (broad SMARTS) is 1. The highest BCUT2D eigenvalue weighted by atomic mass is 19.1. The van der Waals surface area contributed by atoms with Gasteiger partial charge in [0.15, 0.2) is 17.4 Å². The molecule has 0 bridgehead atoms. The molecule has 1 atom stereocenters. The molecule has 15 heteroatoms. The number of ether oxygens (including phenoxy) is 2. The Hall–Kier alpha value is -5.18. The van der Waals surface area contributed by atoms with Gasteiger partial charge in [0, 0.05) is 42.8 Å². The zero-order valence-corrected chi connectivity index (χ0v) is 23.9. The first kappa shape index (κ1) is 34.0. The van der Waals surface area contributed by atoms with Crippen LogP contribution in [0, 0.1) is 11.2 Å². The number of hydrogen-bond acceptors (Lipinski definition) is 10. The molecule has 2 heterocycles. The number of hydrogen-bond donors (Lipinski definition) is 5. The summed E-state index contributed by atoms with van der Waals surface area (Å²) in [6.45, 7) is 2.27. The minimum Gasteiger partial charge on any atom is -0.491 e. The van der Waals surface area contributed by atoms with Gasteiger partial charge >= 0.3 is 5.69 Å². The fourth-order valence-corrected chi connectivity index (χ4v) is 3.50. The highest BCUT2D eigenvalue weighted by Crippen LogP contribution is 2.35. The Morgan fingerprint density at radius 1 is 1.19 bits per heavy atom. The molecule has 1 unspecified atom stereocenters. The highest BCUT2D eigenvalue weighted by Gasteiger charge is 2.27. The molecule has 0 aliphatic heterocycles. The van der Waals surface area contributed by atoms with Crippen molar-refractivity contribution in [3.63, 3.8) is 0 Å². The van der Waals surface area contributed by atoms with Crippen LogP contribution in [-0.4, -0.2) is 69.0 Å². The van der Waals surface area contributed by atoms with E-state index in [1.807, 2.05) is 6.92 Å². The number of H-pyrrole nitrogens is 1. The second kappa shape index (κ2) is 17.6. The predicted molar refractivity (Wildman–Crippen MR) is 157 cm³/mol. The number of aromatic nitrogens is 5. The summed E-state index contributed by atoms with van der Waals surface area (Å²) in [5, 5.41) is 22.3. The summed E-state index contributed by atoms with van der Waals surface area (Å²) < 4.78 is 40.6. The normalized spacial score (nSPS) is 10.7. The molecule has 0 saturated carbocycles. The number of alkyl halides is 1. The van der Waals surface area contributed by atoms with E-state index in [2.05, 4.69) is 31.1 Å². The number of nitrogens with zero attached hydrogens (tertiary/aromatic N) is 4. The smallest absolute Gasteiger partial charge is 0.350 e. The van der Waals surface area contributed by atoms with E-state index >= 15 is 4.39 Å².